The second kappa shape index (κ2) is 8.37. The summed E-state index contributed by atoms with van der Waals surface area (Å²) in [4.78, 5) is 2.34. The number of nitrogens with zero attached hydrogens (tertiary/aromatic N) is 1. The molecule has 2 heterocycles. The van der Waals surface area contributed by atoms with Crippen molar-refractivity contribution in [3.8, 4) is 0 Å². The minimum atomic E-state index is 0.867. The highest BCUT2D eigenvalue weighted by molar-refractivity contribution is 6.26. The number of furan rings is 2. The van der Waals surface area contributed by atoms with Gasteiger partial charge in [-0.3, -0.25) is 0 Å². The van der Waals surface area contributed by atoms with Crippen LogP contribution in [0.4, 0.5) is 17.1 Å². The number of hydrogen-bond acceptors (Lipinski definition) is 3. The summed E-state index contributed by atoms with van der Waals surface area (Å²) in [6.45, 7) is 0. The van der Waals surface area contributed by atoms with E-state index in [0.717, 1.165) is 60.9 Å². The minimum Gasteiger partial charge on any atom is -0.456 e. The lowest BCUT2D eigenvalue weighted by atomic mass is 9.93. The van der Waals surface area contributed by atoms with Crippen LogP contribution >= 0.6 is 0 Å². The molecule has 0 radical (unpaired) electrons. The van der Waals surface area contributed by atoms with Crippen LogP contribution in [-0.4, -0.2) is 0 Å². The normalized spacial score (nSPS) is 12.2. The molecule has 0 bridgehead atoms. The maximum atomic E-state index is 6.36. The highest BCUT2D eigenvalue weighted by Gasteiger charge is 2.21. The fourth-order valence-corrected chi connectivity index (χ4v) is 7.05. The first-order valence-electron chi connectivity index (χ1n) is 14.6. The summed E-state index contributed by atoms with van der Waals surface area (Å²) in [5.74, 6) is 0. The van der Waals surface area contributed by atoms with Gasteiger partial charge in [0.1, 0.15) is 22.3 Å². The van der Waals surface area contributed by atoms with Crippen LogP contribution in [-0.2, 0) is 0 Å². The third kappa shape index (κ3) is 3.19. The lowest BCUT2D eigenvalue weighted by Gasteiger charge is -2.27. The van der Waals surface area contributed by atoms with Crippen molar-refractivity contribution in [2.24, 2.45) is 0 Å². The van der Waals surface area contributed by atoms with Gasteiger partial charge >= 0.3 is 0 Å². The first-order valence-corrected chi connectivity index (χ1v) is 14.6. The van der Waals surface area contributed by atoms with Gasteiger partial charge in [0, 0.05) is 50.4 Å². The topological polar surface area (TPSA) is 29.5 Å². The smallest absolute Gasteiger partial charge is 0.137 e. The molecule has 10 aromatic rings. The Labute approximate surface area is 246 Å². The second-order valence-electron chi connectivity index (χ2n) is 11.3. The van der Waals surface area contributed by atoms with Gasteiger partial charge in [0.2, 0.25) is 0 Å². The summed E-state index contributed by atoms with van der Waals surface area (Å²) in [5.41, 5.74) is 6.68. The molecule has 0 saturated heterocycles. The summed E-state index contributed by atoms with van der Waals surface area (Å²) < 4.78 is 12.7. The SMILES string of the molecule is c1cc2ccc3ccc(N(c4ccc5c(c4)oc4ccccc45)c4ccc5c(c4)oc4ccccc45)c4ccc(c1)c2c34. The quantitative estimate of drug-likeness (QED) is 0.205. The molecule has 0 atom stereocenters. The molecule has 0 spiro atoms. The van der Waals surface area contributed by atoms with Gasteiger partial charge in [-0.05, 0) is 69.4 Å². The van der Waals surface area contributed by atoms with Crippen molar-refractivity contribution in [1.82, 2.24) is 0 Å². The van der Waals surface area contributed by atoms with E-state index in [1.54, 1.807) is 0 Å². The fraction of sp³-hybridized carbons (Fsp3) is 0. The Kier molecular flexibility index (Phi) is 4.45. The Morgan fingerprint density at radius 2 is 0.837 bits per heavy atom. The van der Waals surface area contributed by atoms with Crippen molar-refractivity contribution in [1.29, 1.82) is 0 Å². The van der Waals surface area contributed by atoms with Gasteiger partial charge in [-0.15, -0.1) is 0 Å². The molecular formula is C40H23NO2. The van der Waals surface area contributed by atoms with E-state index < -0.39 is 0 Å². The van der Waals surface area contributed by atoms with Gasteiger partial charge in [0.05, 0.1) is 5.69 Å². The van der Waals surface area contributed by atoms with Gasteiger partial charge in [0.25, 0.3) is 0 Å². The summed E-state index contributed by atoms with van der Waals surface area (Å²) in [6, 6.07) is 49.6. The van der Waals surface area contributed by atoms with E-state index in [-0.39, 0.29) is 0 Å². The van der Waals surface area contributed by atoms with E-state index in [0.29, 0.717) is 0 Å². The standard InChI is InChI=1S/C40H23NO2/c1-3-10-35-29(8-1)31-19-16-27(22-37(31)42-35)41(28-17-20-32-30-9-2-4-11-36(30)43-38(32)23-28)34-21-15-26-13-12-24-6-5-7-25-14-18-33(34)40(26)39(24)25/h1-23H. The molecule has 8 aromatic carbocycles. The molecular weight excluding hydrogens is 526 g/mol. The number of anilines is 3. The van der Waals surface area contributed by atoms with Crippen LogP contribution in [0, 0.1) is 0 Å². The lowest BCUT2D eigenvalue weighted by Crippen LogP contribution is -2.10. The zero-order valence-corrected chi connectivity index (χ0v) is 23.0. The van der Waals surface area contributed by atoms with Gasteiger partial charge in [-0.25, -0.2) is 0 Å². The van der Waals surface area contributed by atoms with E-state index in [4.69, 9.17) is 8.83 Å². The number of para-hydroxylation sites is 2. The molecule has 0 unspecified atom stereocenters. The number of hydrogen-bond donors (Lipinski definition) is 0. The zero-order chi connectivity index (χ0) is 28.1. The molecule has 0 aliphatic carbocycles. The summed E-state index contributed by atoms with van der Waals surface area (Å²) in [7, 11) is 0. The summed E-state index contributed by atoms with van der Waals surface area (Å²) in [6.07, 6.45) is 0. The van der Waals surface area contributed by atoms with Gasteiger partial charge in [0.15, 0.2) is 0 Å². The Bertz CT molecular complexity index is 2560. The average molecular weight is 550 g/mol. The Morgan fingerprint density at radius 1 is 0.349 bits per heavy atom. The van der Waals surface area contributed by atoms with Crippen LogP contribution in [0.15, 0.2) is 148 Å². The monoisotopic (exact) mass is 549 g/mol. The predicted molar refractivity (Wildman–Crippen MR) is 179 cm³/mol. The van der Waals surface area contributed by atoms with E-state index >= 15 is 0 Å². The molecule has 200 valence electrons. The molecule has 0 amide bonds. The highest BCUT2D eigenvalue weighted by atomic mass is 16.3. The first kappa shape index (κ1) is 22.8. The molecule has 10 rings (SSSR count). The molecule has 3 nitrogen and oxygen atoms in total. The van der Waals surface area contributed by atoms with E-state index in [9.17, 15) is 0 Å². The van der Waals surface area contributed by atoms with Crippen LogP contribution in [0.3, 0.4) is 0 Å². The molecule has 0 fully saturated rings. The van der Waals surface area contributed by atoms with E-state index in [1.807, 2.05) is 24.3 Å². The zero-order valence-electron chi connectivity index (χ0n) is 23.0. The largest absolute Gasteiger partial charge is 0.456 e. The molecule has 2 aromatic heterocycles. The molecule has 0 saturated carbocycles. The Morgan fingerprint density at radius 3 is 1.47 bits per heavy atom. The van der Waals surface area contributed by atoms with Crippen LogP contribution in [0.25, 0.3) is 76.2 Å². The molecule has 43 heavy (non-hydrogen) atoms. The van der Waals surface area contributed by atoms with Crippen molar-refractivity contribution >= 4 is 93.3 Å². The Hall–Kier alpha value is -5.80. The Balaban J connectivity index is 1.28. The molecule has 0 aliphatic heterocycles. The van der Waals surface area contributed by atoms with Crippen LogP contribution in [0.1, 0.15) is 0 Å². The number of benzene rings is 8. The van der Waals surface area contributed by atoms with E-state index in [1.165, 1.54) is 32.3 Å². The maximum Gasteiger partial charge on any atom is 0.137 e. The van der Waals surface area contributed by atoms with Crippen molar-refractivity contribution in [2.45, 2.75) is 0 Å². The molecule has 0 N–H and O–H groups in total. The predicted octanol–water partition coefficient (Wildman–Crippen LogP) is 11.9. The van der Waals surface area contributed by atoms with Crippen LogP contribution in [0.5, 0.6) is 0 Å². The minimum absolute atomic E-state index is 0.867. The third-order valence-electron chi connectivity index (χ3n) is 8.99. The van der Waals surface area contributed by atoms with Gasteiger partial charge in [-0.2, -0.15) is 0 Å². The van der Waals surface area contributed by atoms with Crippen molar-refractivity contribution < 1.29 is 8.83 Å². The van der Waals surface area contributed by atoms with Crippen LogP contribution < -0.4 is 4.90 Å². The van der Waals surface area contributed by atoms with Crippen molar-refractivity contribution in [3.05, 3.63) is 140 Å². The maximum absolute atomic E-state index is 6.36. The average Bonchev–Trinajstić information content (AvgIpc) is 3.62. The number of rotatable bonds is 3. The first-order chi connectivity index (χ1) is 21.3. The third-order valence-corrected chi connectivity index (χ3v) is 8.99. The van der Waals surface area contributed by atoms with Crippen molar-refractivity contribution in [3.63, 3.8) is 0 Å². The van der Waals surface area contributed by atoms with E-state index in [2.05, 4.69) is 120 Å². The second-order valence-corrected chi connectivity index (χ2v) is 11.3. The number of fused-ring (bicyclic) bond motifs is 6. The highest BCUT2D eigenvalue weighted by Crippen LogP contribution is 2.45. The van der Waals surface area contributed by atoms with Crippen molar-refractivity contribution in [2.75, 3.05) is 4.90 Å². The molecule has 0 aliphatic rings. The fourth-order valence-electron chi connectivity index (χ4n) is 7.05. The summed E-state index contributed by atoms with van der Waals surface area (Å²) in [5, 5.41) is 12.0. The van der Waals surface area contributed by atoms with Crippen LogP contribution in [0.2, 0.25) is 0 Å². The van der Waals surface area contributed by atoms with Gasteiger partial charge in [-0.1, -0.05) is 84.9 Å². The van der Waals surface area contributed by atoms with Gasteiger partial charge < -0.3 is 13.7 Å². The summed E-state index contributed by atoms with van der Waals surface area (Å²) >= 11 is 0. The molecule has 3 heteroatoms. The lowest BCUT2D eigenvalue weighted by molar-refractivity contribution is 0.669.